The molecule has 0 aromatic heterocycles. The Morgan fingerprint density at radius 1 is 0.941 bits per heavy atom. The minimum absolute atomic E-state index is 0.00506. The van der Waals surface area contributed by atoms with E-state index in [2.05, 4.69) is 12.7 Å². The Bertz CT molecular complexity index is 2630. The summed E-state index contributed by atoms with van der Waals surface area (Å²) in [6.07, 6.45) is 7.46. The third kappa shape index (κ3) is 10.1. The van der Waals surface area contributed by atoms with Crippen LogP contribution in [0.15, 0.2) is 139 Å². The number of ether oxygens (including phenoxy) is 4. The Kier molecular flexibility index (Phi) is 15.5. The number of rotatable bonds is 21. The van der Waals surface area contributed by atoms with Crippen LogP contribution in [-0.2, 0) is 22.7 Å². The minimum Gasteiger partial charge on any atom is -0.489 e. The SMILES string of the molecule is C=CCOC12Oc3ccc(OCc4ccccc4F)cc3C3C(CCCCO)C(CCCCO)C=C(C(=NOCC)CC1N(Cc1cccc4ccccc14)C(=O)Oc1ccc([N+](=O)[O-])cc1)C32. The number of halogens is 1. The van der Waals surface area contributed by atoms with Crippen LogP contribution >= 0.6 is 0 Å². The highest BCUT2D eigenvalue weighted by atomic mass is 19.1. The van der Waals surface area contributed by atoms with Crippen molar-refractivity contribution in [2.75, 3.05) is 26.4 Å². The third-order valence-electron chi connectivity index (χ3n) is 13.4. The second kappa shape index (κ2) is 22.0. The zero-order valence-corrected chi connectivity index (χ0v) is 38.2. The lowest BCUT2D eigenvalue weighted by molar-refractivity contribution is -0.384. The maximum Gasteiger partial charge on any atom is 0.416 e. The number of nitro groups is 1. The van der Waals surface area contributed by atoms with E-state index < -0.39 is 28.8 Å². The summed E-state index contributed by atoms with van der Waals surface area (Å²) in [7, 11) is 0. The molecule has 2 N–H and O–H groups in total. The van der Waals surface area contributed by atoms with Crippen LogP contribution in [0.1, 0.15) is 74.5 Å². The van der Waals surface area contributed by atoms with Crippen LogP contribution in [0.2, 0.25) is 0 Å². The Morgan fingerprint density at radius 3 is 2.41 bits per heavy atom. The Hall–Kier alpha value is -6.61. The number of carbonyl (C=O) groups is 1. The van der Waals surface area contributed by atoms with Crippen molar-refractivity contribution in [1.82, 2.24) is 4.90 Å². The second-order valence-electron chi connectivity index (χ2n) is 17.5. The number of hydrogen-bond donors (Lipinski definition) is 2. The van der Waals surface area contributed by atoms with Crippen molar-refractivity contribution >= 4 is 28.3 Å². The van der Waals surface area contributed by atoms with E-state index in [1.54, 1.807) is 35.2 Å². The summed E-state index contributed by atoms with van der Waals surface area (Å²) in [6.45, 7) is 6.33. The molecule has 1 fully saturated rings. The van der Waals surface area contributed by atoms with Crippen LogP contribution < -0.4 is 14.2 Å². The van der Waals surface area contributed by atoms with Gasteiger partial charge in [-0.15, -0.1) is 6.58 Å². The molecule has 0 bridgehead atoms. The van der Waals surface area contributed by atoms with Crippen molar-refractivity contribution in [3.05, 3.63) is 166 Å². The van der Waals surface area contributed by atoms with E-state index >= 15 is 4.79 Å². The predicted octanol–water partition coefficient (Wildman–Crippen LogP) is 10.8. The maximum absolute atomic E-state index is 15.2. The average molecular weight is 928 g/mol. The summed E-state index contributed by atoms with van der Waals surface area (Å²) in [5.41, 5.74) is 3.39. The average Bonchev–Trinajstić information content (AvgIpc) is 3.35. The van der Waals surface area contributed by atoms with E-state index in [9.17, 15) is 24.7 Å². The molecule has 0 spiro atoms. The van der Waals surface area contributed by atoms with Gasteiger partial charge in [0.05, 0.1) is 29.7 Å². The van der Waals surface area contributed by atoms with Gasteiger partial charge < -0.3 is 34.0 Å². The summed E-state index contributed by atoms with van der Waals surface area (Å²) < 4.78 is 41.9. The molecule has 14 heteroatoms. The van der Waals surface area contributed by atoms with E-state index in [0.29, 0.717) is 35.6 Å². The van der Waals surface area contributed by atoms with Gasteiger partial charge in [-0.25, -0.2) is 9.18 Å². The van der Waals surface area contributed by atoms with Crippen molar-refractivity contribution < 1.29 is 48.1 Å². The Labute approximate surface area is 395 Å². The topological polar surface area (TPSA) is 162 Å². The highest BCUT2D eigenvalue weighted by Crippen LogP contribution is 2.62. The van der Waals surface area contributed by atoms with E-state index in [4.69, 9.17) is 28.9 Å². The molecule has 1 amide bonds. The summed E-state index contributed by atoms with van der Waals surface area (Å²) in [6, 6.07) is 30.3. The van der Waals surface area contributed by atoms with Gasteiger partial charge >= 0.3 is 6.09 Å². The van der Waals surface area contributed by atoms with Crippen molar-refractivity contribution in [2.24, 2.45) is 22.9 Å². The first-order valence-electron chi connectivity index (χ1n) is 23.5. The van der Waals surface area contributed by atoms with E-state index in [0.717, 1.165) is 53.2 Å². The van der Waals surface area contributed by atoms with Crippen molar-refractivity contribution in [3.63, 3.8) is 0 Å². The van der Waals surface area contributed by atoms with Gasteiger partial charge in [-0.05, 0) is 103 Å². The molecule has 1 aliphatic heterocycles. The number of amides is 1. The molecule has 2 aliphatic carbocycles. The van der Waals surface area contributed by atoms with Crippen LogP contribution in [0.4, 0.5) is 14.9 Å². The lowest BCUT2D eigenvalue weighted by Crippen LogP contribution is -2.70. The van der Waals surface area contributed by atoms with Crippen LogP contribution in [0, 0.1) is 33.7 Å². The fourth-order valence-corrected chi connectivity index (χ4v) is 10.4. The minimum atomic E-state index is -1.61. The molecule has 13 nitrogen and oxygen atoms in total. The molecule has 3 aliphatic rings. The summed E-state index contributed by atoms with van der Waals surface area (Å²) in [5, 5.41) is 38.3. The number of nitro benzene ring substituents is 1. The standard InChI is InChI=1S/C54H58FN3O10/c1-3-30-65-54-50(57(34-38-18-13-17-36-14-5-7-19-43(36)38)53(61)67-41-24-22-40(23-25-41)58(62)63)33-48(56-66-4-2)45-31-37(15-9-11-28-59)44(20-10-12-29-60)51(52(45)54)46-32-42(26-27-49(46)68-54)64-35-39-16-6-8-21-47(39)55/h3,5-8,13-14,16-19,21-27,31-32,37,44,50-52,59-60H,1,4,9-12,15,20,28-30,33-35H2,2H3. The molecule has 6 unspecified atom stereocenters. The summed E-state index contributed by atoms with van der Waals surface area (Å²) in [4.78, 5) is 33.8. The van der Waals surface area contributed by atoms with Gasteiger partial charge in [-0.2, -0.15) is 0 Å². The number of hydrogen-bond acceptors (Lipinski definition) is 11. The van der Waals surface area contributed by atoms with Crippen LogP contribution in [0.3, 0.4) is 0 Å². The lowest BCUT2D eigenvalue weighted by atomic mass is 9.55. The fourth-order valence-electron chi connectivity index (χ4n) is 10.4. The van der Waals surface area contributed by atoms with Gasteiger partial charge in [0.25, 0.3) is 5.69 Å². The molecule has 356 valence electrons. The number of unbranched alkanes of at least 4 members (excludes halogenated alkanes) is 2. The molecule has 6 atom stereocenters. The predicted molar refractivity (Wildman–Crippen MR) is 256 cm³/mol. The number of aliphatic hydroxyl groups excluding tert-OH is 2. The Morgan fingerprint density at radius 2 is 1.66 bits per heavy atom. The number of allylic oxidation sites excluding steroid dienone is 1. The van der Waals surface area contributed by atoms with Crippen LogP contribution in [-0.4, -0.2) is 70.1 Å². The molecular formula is C54H58FN3O10. The molecule has 8 rings (SSSR count). The van der Waals surface area contributed by atoms with Gasteiger partial charge in [0, 0.05) is 48.8 Å². The second-order valence-corrected chi connectivity index (χ2v) is 17.5. The van der Waals surface area contributed by atoms with Gasteiger partial charge in [-0.1, -0.05) is 90.8 Å². The van der Waals surface area contributed by atoms with Crippen molar-refractivity contribution in [2.45, 2.75) is 82.8 Å². The van der Waals surface area contributed by atoms with Crippen molar-refractivity contribution in [3.8, 4) is 17.2 Å². The molecular weight excluding hydrogens is 870 g/mol. The first-order chi connectivity index (χ1) is 33.2. The van der Waals surface area contributed by atoms with E-state index in [1.807, 2.05) is 61.5 Å². The highest BCUT2D eigenvalue weighted by Gasteiger charge is 2.66. The van der Waals surface area contributed by atoms with E-state index in [1.165, 1.54) is 30.3 Å². The molecule has 1 heterocycles. The first-order valence-corrected chi connectivity index (χ1v) is 23.5. The molecule has 68 heavy (non-hydrogen) atoms. The number of aliphatic hydroxyl groups is 2. The maximum atomic E-state index is 15.2. The number of fused-ring (bicyclic) bond motifs is 3. The largest absolute Gasteiger partial charge is 0.489 e. The molecule has 1 saturated carbocycles. The number of nitrogens with zero attached hydrogens (tertiary/aromatic N) is 3. The summed E-state index contributed by atoms with van der Waals surface area (Å²) in [5.74, 6) is -1.89. The number of oxime groups is 1. The van der Waals surface area contributed by atoms with E-state index in [-0.39, 0.29) is 81.0 Å². The summed E-state index contributed by atoms with van der Waals surface area (Å²) >= 11 is 0. The van der Waals surface area contributed by atoms with Gasteiger partial charge in [0.2, 0.25) is 5.79 Å². The number of non-ortho nitro benzene ring substituents is 1. The lowest BCUT2D eigenvalue weighted by Gasteiger charge is -2.59. The van der Waals surface area contributed by atoms with Gasteiger partial charge in [0.15, 0.2) is 0 Å². The van der Waals surface area contributed by atoms with Crippen molar-refractivity contribution in [1.29, 1.82) is 0 Å². The number of benzene rings is 5. The molecule has 0 saturated heterocycles. The van der Waals surface area contributed by atoms with Gasteiger partial charge in [0.1, 0.15) is 42.3 Å². The zero-order valence-electron chi connectivity index (χ0n) is 38.2. The fraction of sp³-hybridized carbons (Fsp3) is 0.370. The Balaban J connectivity index is 1.34. The zero-order chi connectivity index (χ0) is 47.6. The number of carbonyl (C=O) groups excluding carboxylic acids is 1. The van der Waals surface area contributed by atoms with Gasteiger partial charge in [-0.3, -0.25) is 15.0 Å². The molecule has 0 radical (unpaired) electrons. The highest BCUT2D eigenvalue weighted by molar-refractivity contribution is 6.03. The normalized spacial score (nSPS) is 22.0. The van der Waals surface area contributed by atoms with Crippen LogP contribution in [0.25, 0.3) is 10.8 Å². The monoisotopic (exact) mass is 927 g/mol. The molecule has 5 aromatic rings. The molecule has 5 aromatic carbocycles. The quantitative estimate of drug-likeness (QED) is 0.0313. The smallest absolute Gasteiger partial charge is 0.416 e. The first kappa shape index (κ1) is 47.9. The van der Waals surface area contributed by atoms with Crippen LogP contribution in [0.5, 0.6) is 17.2 Å². The third-order valence-corrected chi connectivity index (χ3v) is 13.4.